The summed E-state index contributed by atoms with van der Waals surface area (Å²) in [5.41, 5.74) is 0.637. The number of ether oxygens (including phenoxy) is 1. The van der Waals surface area contributed by atoms with E-state index < -0.39 is 4.92 Å². The van der Waals surface area contributed by atoms with E-state index in [0.717, 1.165) is 5.56 Å². The van der Waals surface area contributed by atoms with Crippen LogP contribution < -0.4 is 4.74 Å². The number of hydrogen-bond acceptors (Lipinski definition) is 4. The van der Waals surface area contributed by atoms with Gasteiger partial charge in [-0.05, 0) is 29.8 Å². The van der Waals surface area contributed by atoms with Gasteiger partial charge in [0.15, 0.2) is 0 Å². The second-order valence-corrected chi connectivity index (χ2v) is 4.69. The molecule has 0 amide bonds. The molecule has 1 N–H and O–H groups in total. The lowest BCUT2D eigenvalue weighted by atomic mass is 10.2. The molecule has 0 radical (unpaired) electrons. The van der Waals surface area contributed by atoms with Gasteiger partial charge in [0, 0.05) is 10.5 Å². The SMILES string of the molecule is O=[N+]([O-])c1cc(Br)ccc1Oc1ccc(CO)cc1. The highest BCUT2D eigenvalue weighted by Gasteiger charge is 2.16. The van der Waals surface area contributed by atoms with E-state index in [2.05, 4.69) is 15.9 Å². The number of aliphatic hydroxyl groups is 1. The summed E-state index contributed by atoms with van der Waals surface area (Å²) in [6.07, 6.45) is 0. The predicted molar refractivity (Wildman–Crippen MR) is 73.2 cm³/mol. The summed E-state index contributed by atoms with van der Waals surface area (Å²) in [6, 6.07) is 11.3. The first kappa shape index (κ1) is 13.5. The van der Waals surface area contributed by atoms with Crippen molar-refractivity contribution in [3.63, 3.8) is 0 Å². The summed E-state index contributed by atoms with van der Waals surface area (Å²) >= 11 is 3.18. The van der Waals surface area contributed by atoms with Crippen molar-refractivity contribution in [3.05, 3.63) is 62.6 Å². The maximum Gasteiger partial charge on any atom is 0.312 e. The first-order chi connectivity index (χ1) is 9.10. The molecule has 0 bridgehead atoms. The molecule has 2 rings (SSSR count). The Morgan fingerprint density at radius 1 is 1.21 bits per heavy atom. The number of nitrogens with zero attached hydrogens (tertiary/aromatic N) is 1. The molecule has 0 aliphatic rings. The van der Waals surface area contributed by atoms with E-state index in [1.165, 1.54) is 12.1 Å². The van der Waals surface area contributed by atoms with Crippen LogP contribution in [-0.4, -0.2) is 10.0 Å². The Labute approximate surface area is 117 Å². The number of benzene rings is 2. The monoisotopic (exact) mass is 323 g/mol. The second-order valence-electron chi connectivity index (χ2n) is 3.77. The highest BCUT2D eigenvalue weighted by molar-refractivity contribution is 9.10. The minimum Gasteiger partial charge on any atom is -0.450 e. The molecule has 0 saturated heterocycles. The van der Waals surface area contributed by atoms with Gasteiger partial charge in [0.2, 0.25) is 5.75 Å². The molecule has 2 aromatic carbocycles. The van der Waals surface area contributed by atoms with Gasteiger partial charge in [-0.2, -0.15) is 0 Å². The minimum absolute atomic E-state index is 0.0568. The summed E-state index contributed by atoms with van der Waals surface area (Å²) in [4.78, 5) is 10.4. The van der Waals surface area contributed by atoms with E-state index in [4.69, 9.17) is 9.84 Å². The topological polar surface area (TPSA) is 72.6 Å². The van der Waals surface area contributed by atoms with E-state index in [1.54, 1.807) is 30.3 Å². The average Bonchev–Trinajstić information content (AvgIpc) is 2.41. The van der Waals surface area contributed by atoms with Crippen molar-refractivity contribution < 1.29 is 14.8 Å². The van der Waals surface area contributed by atoms with E-state index in [1.807, 2.05) is 0 Å². The molecule has 19 heavy (non-hydrogen) atoms. The fourth-order valence-electron chi connectivity index (χ4n) is 1.51. The zero-order valence-electron chi connectivity index (χ0n) is 9.75. The zero-order chi connectivity index (χ0) is 13.8. The number of aliphatic hydroxyl groups excluding tert-OH is 1. The smallest absolute Gasteiger partial charge is 0.312 e. The van der Waals surface area contributed by atoms with Gasteiger partial charge in [0.25, 0.3) is 0 Å². The van der Waals surface area contributed by atoms with Crippen LogP contribution >= 0.6 is 15.9 Å². The van der Waals surface area contributed by atoms with Gasteiger partial charge in [0.05, 0.1) is 11.5 Å². The summed E-state index contributed by atoms with van der Waals surface area (Å²) in [7, 11) is 0. The van der Waals surface area contributed by atoms with Gasteiger partial charge >= 0.3 is 5.69 Å². The molecule has 0 unspecified atom stereocenters. The maximum atomic E-state index is 10.9. The molecule has 0 aliphatic carbocycles. The molecule has 0 saturated carbocycles. The highest BCUT2D eigenvalue weighted by atomic mass is 79.9. The van der Waals surface area contributed by atoms with Crippen LogP contribution in [-0.2, 0) is 6.61 Å². The maximum absolute atomic E-state index is 10.9. The standard InChI is InChI=1S/C13H10BrNO4/c14-10-3-6-13(12(7-10)15(17)18)19-11-4-1-9(8-16)2-5-11/h1-7,16H,8H2. The van der Waals surface area contributed by atoms with Gasteiger partial charge in [0.1, 0.15) is 5.75 Å². The quantitative estimate of drug-likeness (QED) is 0.688. The zero-order valence-corrected chi connectivity index (χ0v) is 11.3. The van der Waals surface area contributed by atoms with Crippen molar-refractivity contribution in [1.82, 2.24) is 0 Å². The van der Waals surface area contributed by atoms with E-state index in [-0.39, 0.29) is 18.0 Å². The largest absolute Gasteiger partial charge is 0.450 e. The summed E-state index contributed by atoms with van der Waals surface area (Å²) < 4.78 is 6.09. The van der Waals surface area contributed by atoms with Crippen LogP contribution in [0, 0.1) is 10.1 Å². The summed E-state index contributed by atoms with van der Waals surface area (Å²) in [6.45, 7) is -0.0568. The summed E-state index contributed by atoms with van der Waals surface area (Å²) in [5.74, 6) is 0.646. The van der Waals surface area contributed by atoms with Crippen molar-refractivity contribution in [1.29, 1.82) is 0 Å². The molecule has 0 fully saturated rings. The fourth-order valence-corrected chi connectivity index (χ4v) is 1.86. The lowest BCUT2D eigenvalue weighted by molar-refractivity contribution is -0.385. The second kappa shape index (κ2) is 5.81. The van der Waals surface area contributed by atoms with Crippen LogP contribution in [0.2, 0.25) is 0 Å². The molecule has 0 spiro atoms. The van der Waals surface area contributed by atoms with Gasteiger partial charge in [-0.25, -0.2) is 0 Å². The molecule has 2 aromatic rings. The molecule has 0 aromatic heterocycles. The number of nitro groups is 1. The third-order valence-corrected chi connectivity index (χ3v) is 2.94. The number of nitro benzene ring substituents is 1. The van der Waals surface area contributed by atoms with E-state index in [9.17, 15) is 10.1 Å². The molecule has 6 heteroatoms. The van der Waals surface area contributed by atoms with Crippen LogP contribution in [0.1, 0.15) is 5.56 Å². The van der Waals surface area contributed by atoms with Crippen LogP contribution in [0.25, 0.3) is 0 Å². The highest BCUT2D eigenvalue weighted by Crippen LogP contribution is 2.33. The van der Waals surface area contributed by atoms with Gasteiger partial charge in [-0.1, -0.05) is 28.1 Å². The molecule has 0 atom stereocenters. The molecule has 0 heterocycles. The van der Waals surface area contributed by atoms with Crippen LogP contribution in [0.15, 0.2) is 46.9 Å². The Kier molecular flexibility index (Phi) is 4.13. The number of halogens is 1. The third-order valence-electron chi connectivity index (χ3n) is 2.45. The normalized spacial score (nSPS) is 10.2. The van der Waals surface area contributed by atoms with Crippen molar-refractivity contribution >= 4 is 21.6 Å². The average molecular weight is 324 g/mol. The fraction of sp³-hybridized carbons (Fsp3) is 0.0769. The third kappa shape index (κ3) is 3.30. The van der Waals surface area contributed by atoms with Gasteiger partial charge in [-0.15, -0.1) is 0 Å². The van der Waals surface area contributed by atoms with E-state index in [0.29, 0.717) is 10.2 Å². The Balaban J connectivity index is 2.29. The Morgan fingerprint density at radius 2 is 1.89 bits per heavy atom. The predicted octanol–water partition coefficient (Wildman–Crippen LogP) is 3.64. The Bertz CT molecular complexity index is 598. The number of hydrogen-bond donors (Lipinski definition) is 1. The van der Waals surface area contributed by atoms with E-state index >= 15 is 0 Å². The van der Waals surface area contributed by atoms with Crippen molar-refractivity contribution in [2.45, 2.75) is 6.61 Å². The molecule has 0 aliphatic heterocycles. The minimum atomic E-state index is -0.498. The van der Waals surface area contributed by atoms with Crippen molar-refractivity contribution in [3.8, 4) is 11.5 Å². The lowest BCUT2D eigenvalue weighted by Gasteiger charge is -2.07. The van der Waals surface area contributed by atoms with Gasteiger partial charge < -0.3 is 9.84 Å². The molecular formula is C13H10BrNO4. The Hall–Kier alpha value is -1.92. The van der Waals surface area contributed by atoms with Gasteiger partial charge in [-0.3, -0.25) is 10.1 Å². The summed E-state index contributed by atoms with van der Waals surface area (Å²) in [5, 5.41) is 19.9. The first-order valence-corrected chi connectivity index (χ1v) is 6.21. The Morgan fingerprint density at radius 3 is 2.47 bits per heavy atom. The lowest BCUT2D eigenvalue weighted by Crippen LogP contribution is -1.93. The van der Waals surface area contributed by atoms with Crippen molar-refractivity contribution in [2.75, 3.05) is 0 Å². The molecule has 98 valence electrons. The first-order valence-electron chi connectivity index (χ1n) is 5.42. The van der Waals surface area contributed by atoms with Crippen LogP contribution in [0.5, 0.6) is 11.5 Å². The molecular weight excluding hydrogens is 314 g/mol. The molecule has 5 nitrogen and oxygen atoms in total. The number of rotatable bonds is 4. The van der Waals surface area contributed by atoms with Crippen LogP contribution in [0.3, 0.4) is 0 Å². The van der Waals surface area contributed by atoms with Crippen molar-refractivity contribution in [2.24, 2.45) is 0 Å². The van der Waals surface area contributed by atoms with Crippen LogP contribution in [0.4, 0.5) is 5.69 Å².